The van der Waals surface area contributed by atoms with Crippen LogP contribution < -0.4 is 10.6 Å². The molecule has 7 nitrogen and oxygen atoms in total. The van der Waals surface area contributed by atoms with Gasteiger partial charge in [0.2, 0.25) is 5.91 Å². The van der Waals surface area contributed by atoms with Gasteiger partial charge in [-0.1, -0.05) is 37.6 Å². The van der Waals surface area contributed by atoms with E-state index in [0.717, 1.165) is 23.4 Å². The number of ether oxygens (including phenoxy) is 1. The van der Waals surface area contributed by atoms with Crippen molar-refractivity contribution in [2.75, 3.05) is 12.4 Å². The Morgan fingerprint density at radius 2 is 1.96 bits per heavy atom. The van der Waals surface area contributed by atoms with Gasteiger partial charge in [-0.25, -0.2) is 4.79 Å². The fraction of sp³-hybridized carbons (Fsp3) is 0.350. The van der Waals surface area contributed by atoms with Gasteiger partial charge in [0.1, 0.15) is 5.15 Å². The van der Waals surface area contributed by atoms with Crippen molar-refractivity contribution in [1.82, 2.24) is 15.1 Å². The van der Waals surface area contributed by atoms with Crippen LogP contribution >= 0.6 is 11.6 Å². The molecule has 0 atom stereocenters. The van der Waals surface area contributed by atoms with E-state index in [1.54, 1.807) is 22.9 Å². The van der Waals surface area contributed by atoms with Crippen molar-refractivity contribution in [3.05, 3.63) is 52.3 Å². The molecule has 0 saturated heterocycles. The first-order chi connectivity index (χ1) is 13.3. The summed E-state index contributed by atoms with van der Waals surface area (Å²) in [6.07, 6.45) is 2.60. The molecular formula is C20H25ClN4O3. The molecule has 0 aliphatic heterocycles. The Labute approximate surface area is 169 Å². The lowest BCUT2D eigenvalue weighted by molar-refractivity contribution is -0.116. The summed E-state index contributed by atoms with van der Waals surface area (Å²) in [5.41, 5.74) is 3.04. The zero-order valence-corrected chi connectivity index (χ0v) is 17.2. The summed E-state index contributed by atoms with van der Waals surface area (Å²) in [5, 5.41) is 10.3. The molecule has 0 radical (unpaired) electrons. The summed E-state index contributed by atoms with van der Waals surface area (Å²) in [6, 6.07) is 7.10. The van der Waals surface area contributed by atoms with Gasteiger partial charge in [-0.05, 0) is 36.6 Å². The molecule has 0 aliphatic carbocycles. The van der Waals surface area contributed by atoms with Crippen molar-refractivity contribution in [3.63, 3.8) is 0 Å². The number of hydrogen-bond donors (Lipinski definition) is 2. The van der Waals surface area contributed by atoms with Gasteiger partial charge < -0.3 is 10.1 Å². The van der Waals surface area contributed by atoms with Crippen molar-refractivity contribution in [2.24, 2.45) is 5.92 Å². The minimum atomic E-state index is -0.531. The molecule has 0 bridgehead atoms. The lowest BCUT2D eigenvalue weighted by atomic mass is 10.2. The molecule has 1 aromatic carbocycles. The van der Waals surface area contributed by atoms with Gasteiger partial charge in [-0.2, -0.15) is 5.10 Å². The van der Waals surface area contributed by atoms with Gasteiger partial charge in [-0.3, -0.25) is 14.8 Å². The van der Waals surface area contributed by atoms with E-state index in [0.29, 0.717) is 23.3 Å². The maximum atomic E-state index is 12.1. The molecule has 1 heterocycles. The van der Waals surface area contributed by atoms with Gasteiger partial charge in [0.25, 0.3) is 0 Å². The maximum Gasteiger partial charge on any atom is 0.411 e. The minimum absolute atomic E-state index is 0.233. The van der Waals surface area contributed by atoms with Gasteiger partial charge in [-0.15, -0.1) is 0 Å². The molecule has 0 unspecified atom stereocenters. The molecule has 28 heavy (non-hydrogen) atoms. The van der Waals surface area contributed by atoms with Crippen LogP contribution in [0.1, 0.15) is 30.7 Å². The third kappa shape index (κ3) is 6.13. The van der Waals surface area contributed by atoms with Gasteiger partial charge >= 0.3 is 6.09 Å². The van der Waals surface area contributed by atoms with Crippen LogP contribution in [0.2, 0.25) is 5.15 Å². The van der Waals surface area contributed by atoms with Crippen LogP contribution in [-0.2, 0) is 22.6 Å². The van der Waals surface area contributed by atoms with E-state index in [1.165, 1.54) is 13.2 Å². The van der Waals surface area contributed by atoms with Crippen molar-refractivity contribution >= 4 is 35.4 Å². The van der Waals surface area contributed by atoms with Crippen LogP contribution in [0.3, 0.4) is 0 Å². The Hall–Kier alpha value is -2.80. The number of nitrogens with zero attached hydrogens (tertiary/aromatic N) is 2. The highest BCUT2D eigenvalue weighted by Crippen LogP contribution is 2.22. The summed E-state index contributed by atoms with van der Waals surface area (Å²) in [4.78, 5) is 23.3. The first kappa shape index (κ1) is 21.5. The molecule has 2 N–H and O–H groups in total. The summed E-state index contributed by atoms with van der Waals surface area (Å²) in [6.45, 7) is 7.13. The lowest BCUT2D eigenvalue weighted by Gasteiger charge is -2.06. The molecule has 8 heteroatoms. The number of benzene rings is 1. The number of amides is 2. The fourth-order valence-electron chi connectivity index (χ4n) is 2.51. The average Bonchev–Trinajstić information content (AvgIpc) is 2.91. The Balaban J connectivity index is 1.92. The monoisotopic (exact) mass is 404 g/mol. The van der Waals surface area contributed by atoms with Crippen molar-refractivity contribution in [1.29, 1.82) is 0 Å². The molecule has 0 aliphatic rings. The van der Waals surface area contributed by atoms with Crippen LogP contribution in [0.15, 0.2) is 30.3 Å². The normalized spacial score (nSPS) is 11.1. The number of aryl methyl sites for hydroxylation is 1. The molecule has 2 rings (SSSR count). The molecular weight excluding hydrogens is 380 g/mol. The highest BCUT2D eigenvalue weighted by molar-refractivity contribution is 6.31. The SMILES string of the molecule is COC(=O)Nc1ccc(CNC(=O)C=Cc2c(C)nn(CC(C)C)c2Cl)cc1. The highest BCUT2D eigenvalue weighted by atomic mass is 35.5. The van der Waals surface area contributed by atoms with Crippen molar-refractivity contribution < 1.29 is 14.3 Å². The summed E-state index contributed by atoms with van der Waals surface area (Å²) in [7, 11) is 1.30. The van der Waals surface area contributed by atoms with Gasteiger partial charge in [0.15, 0.2) is 0 Å². The van der Waals surface area contributed by atoms with Gasteiger partial charge in [0.05, 0.1) is 12.8 Å². The summed E-state index contributed by atoms with van der Waals surface area (Å²) >= 11 is 6.37. The Morgan fingerprint density at radius 1 is 1.29 bits per heavy atom. The molecule has 0 saturated carbocycles. The van der Waals surface area contributed by atoms with E-state index in [2.05, 4.69) is 34.3 Å². The first-order valence-electron chi connectivity index (χ1n) is 8.93. The molecule has 1 aromatic heterocycles. The third-order valence-corrected chi connectivity index (χ3v) is 4.30. The van der Waals surface area contributed by atoms with Crippen LogP contribution in [0.4, 0.5) is 10.5 Å². The zero-order chi connectivity index (χ0) is 20.7. The molecule has 0 fully saturated rings. The number of halogens is 1. The van der Waals surface area contributed by atoms with Crippen LogP contribution in [-0.4, -0.2) is 28.9 Å². The largest absolute Gasteiger partial charge is 0.453 e. The second-order valence-electron chi connectivity index (χ2n) is 6.73. The third-order valence-electron chi connectivity index (χ3n) is 3.90. The number of methoxy groups -OCH3 is 1. The second kappa shape index (κ2) is 9.94. The summed E-state index contributed by atoms with van der Waals surface area (Å²) in [5.74, 6) is 0.190. The van der Waals surface area contributed by atoms with Crippen molar-refractivity contribution in [3.8, 4) is 0 Å². The van der Waals surface area contributed by atoms with Crippen LogP contribution in [0, 0.1) is 12.8 Å². The minimum Gasteiger partial charge on any atom is -0.453 e. The predicted molar refractivity (Wildman–Crippen MR) is 110 cm³/mol. The van der Waals surface area contributed by atoms with E-state index in [1.807, 2.05) is 19.1 Å². The predicted octanol–water partition coefficient (Wildman–Crippen LogP) is 4.01. The smallest absolute Gasteiger partial charge is 0.411 e. The summed E-state index contributed by atoms with van der Waals surface area (Å²) < 4.78 is 6.29. The number of nitrogens with one attached hydrogen (secondary N) is 2. The van der Waals surface area contributed by atoms with E-state index >= 15 is 0 Å². The molecule has 150 valence electrons. The molecule has 2 aromatic rings. The molecule has 2 amide bonds. The Morgan fingerprint density at radius 3 is 2.57 bits per heavy atom. The van der Waals surface area contributed by atoms with Crippen LogP contribution in [0.25, 0.3) is 6.08 Å². The van der Waals surface area contributed by atoms with E-state index in [-0.39, 0.29) is 5.91 Å². The zero-order valence-electron chi connectivity index (χ0n) is 16.5. The highest BCUT2D eigenvalue weighted by Gasteiger charge is 2.12. The maximum absolute atomic E-state index is 12.1. The van der Waals surface area contributed by atoms with E-state index < -0.39 is 6.09 Å². The first-order valence-corrected chi connectivity index (χ1v) is 9.30. The Kier molecular flexibility index (Phi) is 7.63. The number of carbonyl (C=O) groups is 2. The average molecular weight is 405 g/mol. The second-order valence-corrected chi connectivity index (χ2v) is 7.09. The van der Waals surface area contributed by atoms with Crippen molar-refractivity contribution in [2.45, 2.75) is 33.9 Å². The Bertz CT molecular complexity index is 857. The number of hydrogen-bond acceptors (Lipinski definition) is 4. The molecule has 0 spiro atoms. The van der Waals surface area contributed by atoms with E-state index in [4.69, 9.17) is 11.6 Å². The van der Waals surface area contributed by atoms with Crippen LogP contribution in [0.5, 0.6) is 0 Å². The van der Waals surface area contributed by atoms with Gasteiger partial charge in [0, 0.05) is 30.4 Å². The standard InChI is InChI=1S/C20H25ClN4O3/c1-13(2)12-25-19(21)17(14(3)24-25)9-10-18(26)22-11-15-5-7-16(8-6-15)23-20(27)28-4/h5-10,13H,11-12H2,1-4H3,(H,22,26)(H,23,27). The fourth-order valence-corrected chi connectivity index (χ4v) is 2.81. The van der Waals surface area contributed by atoms with E-state index in [9.17, 15) is 9.59 Å². The topological polar surface area (TPSA) is 85.2 Å². The quantitative estimate of drug-likeness (QED) is 0.683. The number of aromatic nitrogens is 2. The number of rotatable bonds is 7. The number of anilines is 1. The lowest BCUT2D eigenvalue weighted by Crippen LogP contribution is -2.20. The number of carbonyl (C=O) groups excluding carboxylic acids is 2.